The molecule has 0 saturated carbocycles. The van der Waals surface area contributed by atoms with Gasteiger partial charge >= 0.3 is 5.97 Å². The van der Waals surface area contributed by atoms with Gasteiger partial charge in [-0.3, -0.25) is 9.59 Å². The molecule has 0 atom stereocenters. The van der Waals surface area contributed by atoms with Crippen molar-refractivity contribution in [1.29, 1.82) is 0 Å². The largest absolute Gasteiger partial charge is 0.466 e. The van der Waals surface area contributed by atoms with E-state index in [0.29, 0.717) is 15.8 Å². The molecule has 1 aromatic carbocycles. The number of aromatic nitrogens is 1. The van der Waals surface area contributed by atoms with E-state index in [1.54, 1.807) is 18.4 Å². The zero-order valence-corrected chi connectivity index (χ0v) is 16.8. The number of hydrogen-bond acceptors (Lipinski definition) is 7. The summed E-state index contributed by atoms with van der Waals surface area (Å²) in [6.45, 7) is 1.92. The number of carbonyl (C=O) groups excluding carboxylic acids is 2. The number of amides is 1. The number of nitrogens with one attached hydrogen (secondary N) is 2. The van der Waals surface area contributed by atoms with Gasteiger partial charge in [0.05, 0.1) is 23.6 Å². The molecule has 0 radical (unpaired) electrons. The Balaban J connectivity index is 1.81. The van der Waals surface area contributed by atoms with E-state index in [2.05, 4.69) is 15.0 Å². The molecule has 1 amide bonds. The summed E-state index contributed by atoms with van der Waals surface area (Å²) in [7, 11) is -3.75. The molecular formula is C16H18ClN3O5S2. The lowest BCUT2D eigenvalue weighted by molar-refractivity contribution is -0.142. The molecule has 0 aliphatic heterocycles. The third kappa shape index (κ3) is 6.90. The number of halogens is 1. The van der Waals surface area contributed by atoms with Crippen LogP contribution in [0.25, 0.3) is 0 Å². The van der Waals surface area contributed by atoms with E-state index < -0.39 is 21.9 Å². The Morgan fingerprint density at radius 3 is 2.81 bits per heavy atom. The minimum Gasteiger partial charge on any atom is -0.466 e. The summed E-state index contributed by atoms with van der Waals surface area (Å²) in [5.74, 6) is -0.795. The zero-order valence-electron chi connectivity index (χ0n) is 14.4. The van der Waals surface area contributed by atoms with Gasteiger partial charge in [-0.05, 0) is 25.1 Å². The van der Waals surface area contributed by atoms with E-state index in [1.165, 1.54) is 29.5 Å². The summed E-state index contributed by atoms with van der Waals surface area (Å²) in [5.41, 5.74) is 0.496. The van der Waals surface area contributed by atoms with Crippen molar-refractivity contribution >= 4 is 50.0 Å². The van der Waals surface area contributed by atoms with Gasteiger partial charge in [-0.2, -0.15) is 0 Å². The molecule has 146 valence electrons. The second-order valence-electron chi connectivity index (χ2n) is 5.28. The summed E-state index contributed by atoms with van der Waals surface area (Å²) in [6.07, 6.45) is -0.0494. The molecule has 11 heteroatoms. The lowest BCUT2D eigenvalue weighted by atomic mass is 10.3. The van der Waals surface area contributed by atoms with E-state index in [0.717, 1.165) is 0 Å². The summed E-state index contributed by atoms with van der Waals surface area (Å²) in [4.78, 5) is 27.5. The Morgan fingerprint density at radius 1 is 1.33 bits per heavy atom. The van der Waals surface area contributed by atoms with Crippen molar-refractivity contribution in [2.75, 3.05) is 18.5 Å². The van der Waals surface area contributed by atoms with Crippen LogP contribution >= 0.6 is 22.9 Å². The van der Waals surface area contributed by atoms with Crippen LogP contribution in [0.15, 0.2) is 34.5 Å². The number of ether oxygens (including phenoxy) is 1. The molecule has 2 aromatic rings. The van der Waals surface area contributed by atoms with Gasteiger partial charge in [0.1, 0.15) is 0 Å². The third-order valence-electron chi connectivity index (χ3n) is 3.18. The quantitative estimate of drug-likeness (QED) is 0.588. The Morgan fingerprint density at radius 2 is 2.11 bits per heavy atom. The number of nitrogens with zero attached hydrogens (tertiary/aromatic N) is 1. The molecule has 0 aliphatic rings. The lowest BCUT2D eigenvalue weighted by Crippen LogP contribution is -2.27. The van der Waals surface area contributed by atoms with Gasteiger partial charge in [-0.15, -0.1) is 11.3 Å². The molecule has 1 aromatic heterocycles. The predicted octanol–water partition coefficient (Wildman–Crippen LogP) is 2.21. The van der Waals surface area contributed by atoms with E-state index in [4.69, 9.17) is 16.3 Å². The van der Waals surface area contributed by atoms with Crippen molar-refractivity contribution in [3.63, 3.8) is 0 Å². The van der Waals surface area contributed by atoms with Gasteiger partial charge in [0.2, 0.25) is 15.9 Å². The molecule has 0 fully saturated rings. The number of hydrogen-bond donors (Lipinski definition) is 2. The average molecular weight is 432 g/mol. The highest BCUT2D eigenvalue weighted by Crippen LogP contribution is 2.17. The molecule has 27 heavy (non-hydrogen) atoms. The Kier molecular flexibility index (Phi) is 7.72. The molecule has 0 bridgehead atoms. The minimum absolute atomic E-state index is 0.0268. The fourth-order valence-corrected chi connectivity index (χ4v) is 4.06. The van der Waals surface area contributed by atoms with Crippen molar-refractivity contribution in [3.8, 4) is 0 Å². The first kappa shape index (κ1) is 21.3. The highest BCUT2D eigenvalue weighted by molar-refractivity contribution is 7.89. The van der Waals surface area contributed by atoms with Crippen molar-refractivity contribution in [2.45, 2.75) is 24.7 Å². The summed E-state index contributed by atoms with van der Waals surface area (Å²) in [5, 5.41) is 4.84. The number of esters is 1. The molecule has 2 N–H and O–H groups in total. The second kappa shape index (κ2) is 9.79. The molecule has 0 spiro atoms. The summed E-state index contributed by atoms with van der Waals surface area (Å²) >= 11 is 6.96. The van der Waals surface area contributed by atoms with Crippen LogP contribution in [0.1, 0.15) is 19.0 Å². The maximum atomic E-state index is 12.1. The standard InChI is InChI=1S/C16H18ClN3O5S2/c1-2-25-15(22)9-12-10-26-16(19-12)20-14(21)6-7-18-27(23,24)13-5-3-4-11(17)8-13/h3-5,8,10,18H,2,6-7,9H2,1H3,(H,19,20,21). The normalized spacial score (nSPS) is 11.2. The van der Waals surface area contributed by atoms with Crippen molar-refractivity contribution in [2.24, 2.45) is 0 Å². The van der Waals surface area contributed by atoms with Crippen LogP contribution in [0.2, 0.25) is 5.02 Å². The fourth-order valence-electron chi connectivity index (χ4n) is 2.00. The van der Waals surface area contributed by atoms with E-state index in [-0.39, 0.29) is 30.9 Å². The van der Waals surface area contributed by atoms with Gasteiger partial charge < -0.3 is 10.1 Å². The van der Waals surface area contributed by atoms with Gasteiger partial charge in [0.25, 0.3) is 0 Å². The molecular weight excluding hydrogens is 414 g/mol. The molecule has 1 heterocycles. The Labute approximate surface area is 166 Å². The fraction of sp³-hybridized carbons (Fsp3) is 0.312. The first-order valence-corrected chi connectivity index (χ1v) is 10.7. The van der Waals surface area contributed by atoms with Crippen LogP contribution in [0.4, 0.5) is 5.13 Å². The molecule has 8 nitrogen and oxygen atoms in total. The Bertz CT molecular complexity index is 914. The van der Waals surface area contributed by atoms with Crippen LogP contribution in [-0.2, 0) is 30.8 Å². The van der Waals surface area contributed by atoms with Crippen molar-refractivity contribution < 1.29 is 22.7 Å². The maximum Gasteiger partial charge on any atom is 0.311 e. The van der Waals surface area contributed by atoms with Gasteiger partial charge in [-0.1, -0.05) is 17.7 Å². The molecule has 0 aliphatic carbocycles. The minimum atomic E-state index is -3.75. The van der Waals surface area contributed by atoms with E-state index >= 15 is 0 Å². The smallest absolute Gasteiger partial charge is 0.311 e. The SMILES string of the molecule is CCOC(=O)Cc1csc(NC(=O)CCNS(=O)(=O)c2cccc(Cl)c2)n1. The monoisotopic (exact) mass is 431 g/mol. The Hall–Kier alpha value is -2.01. The molecule has 2 rings (SSSR count). The number of benzene rings is 1. The number of carbonyl (C=O) groups is 2. The topological polar surface area (TPSA) is 114 Å². The first-order chi connectivity index (χ1) is 12.8. The molecule has 0 unspecified atom stereocenters. The van der Waals surface area contributed by atoms with Crippen LogP contribution in [0, 0.1) is 0 Å². The number of rotatable bonds is 9. The van der Waals surface area contributed by atoms with E-state index in [9.17, 15) is 18.0 Å². The highest BCUT2D eigenvalue weighted by Gasteiger charge is 2.15. The van der Waals surface area contributed by atoms with Crippen LogP contribution in [0.5, 0.6) is 0 Å². The van der Waals surface area contributed by atoms with Gasteiger partial charge in [0.15, 0.2) is 5.13 Å². The molecule has 0 saturated heterocycles. The van der Waals surface area contributed by atoms with Crippen LogP contribution in [0.3, 0.4) is 0 Å². The van der Waals surface area contributed by atoms with Crippen molar-refractivity contribution in [3.05, 3.63) is 40.4 Å². The van der Waals surface area contributed by atoms with Gasteiger partial charge in [-0.25, -0.2) is 18.1 Å². The predicted molar refractivity (Wildman–Crippen MR) is 102 cm³/mol. The van der Waals surface area contributed by atoms with Crippen LogP contribution in [-0.4, -0.2) is 38.4 Å². The maximum absolute atomic E-state index is 12.1. The number of anilines is 1. The van der Waals surface area contributed by atoms with E-state index in [1.807, 2.05) is 0 Å². The van der Waals surface area contributed by atoms with Crippen LogP contribution < -0.4 is 10.0 Å². The van der Waals surface area contributed by atoms with Gasteiger partial charge in [0, 0.05) is 23.4 Å². The zero-order chi connectivity index (χ0) is 19.9. The number of sulfonamides is 1. The number of thiazole rings is 1. The third-order valence-corrected chi connectivity index (χ3v) is 5.68. The second-order valence-corrected chi connectivity index (χ2v) is 8.34. The average Bonchev–Trinajstić information content (AvgIpc) is 3.01. The first-order valence-electron chi connectivity index (χ1n) is 7.95. The summed E-state index contributed by atoms with van der Waals surface area (Å²) < 4.78 is 31.4. The highest BCUT2D eigenvalue weighted by atomic mass is 35.5. The summed E-state index contributed by atoms with van der Waals surface area (Å²) in [6, 6.07) is 5.83. The van der Waals surface area contributed by atoms with Crippen molar-refractivity contribution in [1.82, 2.24) is 9.71 Å². The lowest BCUT2D eigenvalue weighted by Gasteiger charge is -2.07.